The minimum atomic E-state index is 0. The molecule has 7 nitrogen and oxygen atoms in total. The van der Waals surface area contributed by atoms with Crippen LogP contribution in [0.3, 0.4) is 0 Å². The van der Waals surface area contributed by atoms with Crippen molar-refractivity contribution in [1.29, 1.82) is 0 Å². The van der Waals surface area contributed by atoms with Crippen LogP contribution in [0, 0.1) is 0 Å². The summed E-state index contributed by atoms with van der Waals surface area (Å²) in [4.78, 5) is 7.16. The van der Waals surface area contributed by atoms with Gasteiger partial charge in [-0.25, -0.2) is 4.99 Å². The summed E-state index contributed by atoms with van der Waals surface area (Å²) in [5, 5.41) is 15.2. The number of hydrogen-bond donors (Lipinski definition) is 2. The zero-order valence-electron chi connectivity index (χ0n) is 16.9. The van der Waals surface area contributed by atoms with Gasteiger partial charge in [0.05, 0.1) is 0 Å². The Morgan fingerprint density at radius 3 is 2.83 bits per heavy atom. The van der Waals surface area contributed by atoms with Crippen molar-refractivity contribution >= 4 is 41.3 Å². The predicted octanol–water partition coefficient (Wildman–Crippen LogP) is 2.85. The van der Waals surface area contributed by atoms with E-state index in [2.05, 4.69) is 68.8 Å². The van der Waals surface area contributed by atoms with Crippen LogP contribution in [-0.4, -0.2) is 46.2 Å². The minimum Gasteiger partial charge on any atom is -0.367 e. The van der Waals surface area contributed by atoms with E-state index in [1.54, 1.807) is 0 Å². The molecule has 0 spiro atoms. The average molecular weight is 505 g/mol. The summed E-state index contributed by atoms with van der Waals surface area (Å²) >= 11 is 0. The molecule has 3 heterocycles. The molecule has 1 unspecified atom stereocenters. The number of nitrogens with zero attached hydrogens (tertiary/aromatic N) is 5. The van der Waals surface area contributed by atoms with Crippen molar-refractivity contribution in [3.05, 3.63) is 60.0 Å². The summed E-state index contributed by atoms with van der Waals surface area (Å²) in [7, 11) is 0. The van der Waals surface area contributed by atoms with Crippen LogP contribution >= 0.6 is 24.0 Å². The number of aliphatic imine (C=N–C) groups is 1. The lowest BCUT2D eigenvalue weighted by molar-refractivity contribution is 0.656. The van der Waals surface area contributed by atoms with E-state index in [0.717, 1.165) is 43.5 Å². The Balaban J connectivity index is 0.00000240. The number of halogens is 1. The molecule has 8 heteroatoms. The second-order valence-corrected chi connectivity index (χ2v) is 7.04. The SMILES string of the molecule is CCNC(=NCc1nnc2ccccn12)NCCN1c2ccccc2CC1C.I. The Kier molecular flexibility index (Phi) is 7.29. The van der Waals surface area contributed by atoms with Crippen LogP contribution in [0.25, 0.3) is 5.65 Å². The molecule has 0 radical (unpaired) electrons. The Hall–Kier alpha value is -2.36. The van der Waals surface area contributed by atoms with Crippen LogP contribution in [0.2, 0.25) is 0 Å². The van der Waals surface area contributed by atoms with E-state index in [1.165, 1.54) is 11.3 Å². The maximum Gasteiger partial charge on any atom is 0.191 e. The lowest BCUT2D eigenvalue weighted by atomic mass is 10.1. The van der Waals surface area contributed by atoms with Gasteiger partial charge in [0.15, 0.2) is 17.4 Å². The monoisotopic (exact) mass is 505 g/mol. The van der Waals surface area contributed by atoms with Gasteiger partial charge in [-0.1, -0.05) is 24.3 Å². The van der Waals surface area contributed by atoms with Crippen LogP contribution < -0.4 is 15.5 Å². The number of rotatable bonds is 6. The molecule has 1 aromatic carbocycles. The topological polar surface area (TPSA) is 69.8 Å². The second kappa shape index (κ2) is 9.91. The minimum absolute atomic E-state index is 0. The zero-order valence-corrected chi connectivity index (χ0v) is 19.2. The summed E-state index contributed by atoms with van der Waals surface area (Å²) in [5.41, 5.74) is 3.63. The number of anilines is 1. The molecule has 0 aliphatic carbocycles. The third kappa shape index (κ3) is 4.80. The first-order valence-electron chi connectivity index (χ1n) is 9.91. The van der Waals surface area contributed by atoms with E-state index < -0.39 is 0 Å². The third-order valence-electron chi connectivity index (χ3n) is 5.10. The third-order valence-corrected chi connectivity index (χ3v) is 5.10. The number of nitrogens with one attached hydrogen (secondary N) is 2. The van der Waals surface area contributed by atoms with E-state index in [-0.39, 0.29) is 24.0 Å². The molecule has 0 fully saturated rings. The maximum absolute atomic E-state index is 4.69. The van der Waals surface area contributed by atoms with Crippen LogP contribution in [0.15, 0.2) is 53.7 Å². The highest BCUT2D eigenvalue weighted by molar-refractivity contribution is 14.0. The van der Waals surface area contributed by atoms with E-state index >= 15 is 0 Å². The van der Waals surface area contributed by atoms with Crippen molar-refractivity contribution in [1.82, 2.24) is 25.2 Å². The van der Waals surface area contributed by atoms with Gasteiger partial charge in [0.2, 0.25) is 0 Å². The normalized spacial score (nSPS) is 15.9. The molecule has 0 amide bonds. The molecule has 154 valence electrons. The lowest BCUT2D eigenvalue weighted by Crippen LogP contribution is -2.42. The van der Waals surface area contributed by atoms with Gasteiger partial charge in [-0.2, -0.15) is 0 Å². The summed E-state index contributed by atoms with van der Waals surface area (Å²) in [6, 6.07) is 15.1. The second-order valence-electron chi connectivity index (χ2n) is 7.04. The fourth-order valence-corrected chi connectivity index (χ4v) is 3.76. The van der Waals surface area contributed by atoms with E-state index in [1.807, 2.05) is 28.8 Å². The van der Waals surface area contributed by atoms with Crippen molar-refractivity contribution in [3.63, 3.8) is 0 Å². The molecule has 4 rings (SSSR count). The van der Waals surface area contributed by atoms with Gasteiger partial charge in [0, 0.05) is 37.6 Å². The fourth-order valence-electron chi connectivity index (χ4n) is 3.76. The first-order chi connectivity index (χ1) is 13.8. The number of fused-ring (bicyclic) bond motifs is 2. The molecule has 2 aromatic heterocycles. The van der Waals surface area contributed by atoms with Gasteiger partial charge in [0.25, 0.3) is 0 Å². The smallest absolute Gasteiger partial charge is 0.191 e. The number of hydrogen-bond acceptors (Lipinski definition) is 4. The van der Waals surface area contributed by atoms with E-state index in [0.29, 0.717) is 12.6 Å². The van der Waals surface area contributed by atoms with Crippen molar-refractivity contribution in [2.24, 2.45) is 4.99 Å². The van der Waals surface area contributed by atoms with Crippen molar-refractivity contribution in [3.8, 4) is 0 Å². The zero-order chi connectivity index (χ0) is 19.3. The summed E-state index contributed by atoms with van der Waals surface area (Å²) in [6.07, 6.45) is 3.08. The summed E-state index contributed by atoms with van der Waals surface area (Å²) in [6.45, 7) is 7.42. The number of para-hydroxylation sites is 1. The van der Waals surface area contributed by atoms with Crippen LogP contribution in [0.4, 0.5) is 5.69 Å². The Bertz CT molecular complexity index is 968. The Morgan fingerprint density at radius 1 is 1.14 bits per heavy atom. The van der Waals surface area contributed by atoms with Gasteiger partial charge in [-0.3, -0.25) is 4.40 Å². The lowest BCUT2D eigenvalue weighted by Gasteiger charge is -2.25. The molecular weight excluding hydrogens is 477 g/mol. The van der Waals surface area contributed by atoms with Crippen LogP contribution in [0.5, 0.6) is 0 Å². The van der Waals surface area contributed by atoms with Crippen LogP contribution in [0.1, 0.15) is 25.2 Å². The highest BCUT2D eigenvalue weighted by atomic mass is 127. The van der Waals surface area contributed by atoms with E-state index in [9.17, 15) is 0 Å². The highest BCUT2D eigenvalue weighted by Gasteiger charge is 2.24. The standard InChI is InChI=1S/C21H27N7.HI/c1-3-22-21(24-15-20-26-25-19-10-6-7-12-28(19)20)23-11-13-27-16(2)14-17-8-4-5-9-18(17)27;/h4-10,12,16H,3,11,13-15H2,1-2H3,(H2,22,23,24);1H. The molecule has 29 heavy (non-hydrogen) atoms. The number of pyridine rings is 1. The molecule has 1 aliphatic rings. The number of guanidine groups is 1. The number of aromatic nitrogens is 3. The Morgan fingerprint density at radius 2 is 1.97 bits per heavy atom. The van der Waals surface area contributed by atoms with Gasteiger partial charge in [-0.15, -0.1) is 34.2 Å². The quantitative estimate of drug-likeness (QED) is 0.307. The van der Waals surface area contributed by atoms with Gasteiger partial charge >= 0.3 is 0 Å². The Labute approximate surface area is 188 Å². The van der Waals surface area contributed by atoms with Crippen LogP contribution in [-0.2, 0) is 13.0 Å². The van der Waals surface area contributed by atoms with Gasteiger partial charge in [0.1, 0.15) is 6.54 Å². The maximum atomic E-state index is 4.69. The predicted molar refractivity (Wildman–Crippen MR) is 128 cm³/mol. The molecule has 0 bridgehead atoms. The van der Waals surface area contributed by atoms with Crippen molar-refractivity contribution in [2.45, 2.75) is 32.9 Å². The highest BCUT2D eigenvalue weighted by Crippen LogP contribution is 2.31. The molecule has 0 saturated heterocycles. The first kappa shape index (κ1) is 21.4. The molecule has 0 saturated carbocycles. The van der Waals surface area contributed by atoms with E-state index in [4.69, 9.17) is 0 Å². The molecule has 2 N–H and O–H groups in total. The number of benzene rings is 1. The molecule has 1 atom stereocenters. The first-order valence-corrected chi connectivity index (χ1v) is 9.91. The fraction of sp³-hybridized carbons (Fsp3) is 0.381. The molecule has 3 aromatic rings. The van der Waals surface area contributed by atoms with Gasteiger partial charge < -0.3 is 15.5 Å². The average Bonchev–Trinajstić information content (AvgIpc) is 3.27. The largest absolute Gasteiger partial charge is 0.367 e. The molecular formula is C21H28IN7. The summed E-state index contributed by atoms with van der Waals surface area (Å²) < 4.78 is 1.97. The van der Waals surface area contributed by atoms with Crippen molar-refractivity contribution in [2.75, 3.05) is 24.5 Å². The van der Waals surface area contributed by atoms with Crippen molar-refractivity contribution < 1.29 is 0 Å². The van der Waals surface area contributed by atoms with Gasteiger partial charge in [-0.05, 0) is 44.0 Å². The summed E-state index contributed by atoms with van der Waals surface area (Å²) in [5.74, 6) is 1.63. The molecule has 1 aliphatic heterocycles.